The summed E-state index contributed by atoms with van der Waals surface area (Å²) in [4.78, 5) is 12.1. The van der Waals surface area contributed by atoms with Gasteiger partial charge in [-0.2, -0.15) is 0 Å². The van der Waals surface area contributed by atoms with Gasteiger partial charge in [0.25, 0.3) is 0 Å². The Morgan fingerprint density at radius 1 is 1.40 bits per heavy atom. The van der Waals surface area contributed by atoms with E-state index in [1.165, 1.54) is 12.8 Å². The molecule has 112 valence electrons. The average molecular weight is 342 g/mol. The molecule has 20 heavy (non-hydrogen) atoms. The number of unbranched alkanes of at least 4 members (excludes halogenated alkanes) is 1. The Balaban J connectivity index is 2.67. The number of hydrogen-bond donors (Lipinski definition) is 1. The number of rotatable bonds is 7. The molecule has 1 rings (SSSR count). The van der Waals surface area contributed by atoms with E-state index < -0.39 is 0 Å². The van der Waals surface area contributed by atoms with Gasteiger partial charge in [-0.05, 0) is 37.0 Å². The molecule has 0 aliphatic rings. The van der Waals surface area contributed by atoms with Gasteiger partial charge in [-0.15, -0.1) is 0 Å². The van der Waals surface area contributed by atoms with Gasteiger partial charge in [-0.3, -0.25) is 0 Å². The zero-order valence-electron chi connectivity index (χ0n) is 12.5. The lowest BCUT2D eigenvalue weighted by atomic mass is 10.0. The van der Waals surface area contributed by atoms with Crippen LogP contribution >= 0.6 is 15.9 Å². The van der Waals surface area contributed by atoms with Gasteiger partial charge in [0.2, 0.25) is 0 Å². The molecule has 1 unspecified atom stereocenters. The Morgan fingerprint density at radius 2 is 2.10 bits per heavy atom. The van der Waals surface area contributed by atoms with Crippen LogP contribution in [0.3, 0.4) is 0 Å². The van der Waals surface area contributed by atoms with Crippen molar-refractivity contribution in [3.05, 3.63) is 27.7 Å². The summed E-state index contributed by atoms with van der Waals surface area (Å²) in [5.74, 6) is 0.107. The van der Waals surface area contributed by atoms with Crippen LogP contribution in [0.25, 0.3) is 0 Å². The summed E-state index contributed by atoms with van der Waals surface area (Å²) in [5.41, 5.74) is 7.78. The number of benzene rings is 1. The predicted molar refractivity (Wildman–Crippen MR) is 86.9 cm³/mol. The molecule has 0 radical (unpaired) electrons. The average Bonchev–Trinajstić information content (AvgIpc) is 2.42. The van der Waals surface area contributed by atoms with Crippen LogP contribution in [-0.4, -0.2) is 12.6 Å². The minimum Gasteiger partial charge on any atom is -0.462 e. The van der Waals surface area contributed by atoms with E-state index in [9.17, 15) is 4.79 Å². The minimum atomic E-state index is -0.332. The maximum Gasteiger partial charge on any atom is 0.340 e. The van der Waals surface area contributed by atoms with Crippen LogP contribution in [0.15, 0.2) is 16.6 Å². The van der Waals surface area contributed by atoms with Crippen LogP contribution in [0.1, 0.15) is 55.5 Å². The van der Waals surface area contributed by atoms with Crippen molar-refractivity contribution in [2.24, 2.45) is 5.92 Å². The normalized spacial score (nSPS) is 12.2. The molecule has 3 nitrogen and oxygen atoms in total. The van der Waals surface area contributed by atoms with Gasteiger partial charge in [0, 0.05) is 10.2 Å². The van der Waals surface area contributed by atoms with Gasteiger partial charge >= 0.3 is 5.97 Å². The number of aryl methyl sites for hydroxylation is 1. The summed E-state index contributed by atoms with van der Waals surface area (Å²) in [5, 5.41) is 0. The van der Waals surface area contributed by atoms with Gasteiger partial charge < -0.3 is 10.5 Å². The van der Waals surface area contributed by atoms with Crippen molar-refractivity contribution in [1.82, 2.24) is 0 Å². The highest BCUT2D eigenvalue weighted by atomic mass is 79.9. The molecule has 4 heteroatoms. The number of halogens is 1. The highest BCUT2D eigenvalue weighted by molar-refractivity contribution is 9.10. The van der Waals surface area contributed by atoms with E-state index in [2.05, 4.69) is 29.8 Å². The molecular formula is C16H24BrNO2. The fourth-order valence-corrected chi connectivity index (χ4v) is 2.66. The first kappa shape index (κ1) is 17.0. The molecule has 0 saturated carbocycles. The van der Waals surface area contributed by atoms with Crippen molar-refractivity contribution in [3.8, 4) is 0 Å². The lowest BCUT2D eigenvalue weighted by Crippen LogP contribution is -2.15. The number of hydrogen-bond acceptors (Lipinski definition) is 3. The molecule has 2 N–H and O–H groups in total. The van der Waals surface area contributed by atoms with E-state index >= 15 is 0 Å². The number of anilines is 1. The van der Waals surface area contributed by atoms with Crippen LogP contribution in [-0.2, 0) is 4.74 Å². The Bertz CT molecular complexity index is 460. The molecule has 0 bridgehead atoms. The van der Waals surface area contributed by atoms with Gasteiger partial charge in [-0.1, -0.05) is 49.0 Å². The third kappa shape index (κ3) is 4.82. The third-order valence-corrected chi connectivity index (χ3v) is 4.02. The van der Waals surface area contributed by atoms with Gasteiger partial charge in [0.05, 0.1) is 12.2 Å². The van der Waals surface area contributed by atoms with Gasteiger partial charge in [-0.25, -0.2) is 4.79 Å². The molecule has 0 aliphatic carbocycles. The molecule has 0 aliphatic heterocycles. The molecule has 0 heterocycles. The molecular weight excluding hydrogens is 318 g/mol. The second-order valence-electron chi connectivity index (χ2n) is 5.20. The molecule has 0 amide bonds. The summed E-state index contributed by atoms with van der Waals surface area (Å²) < 4.78 is 6.27. The predicted octanol–water partition coefficient (Wildman–Crippen LogP) is 4.71. The third-order valence-electron chi connectivity index (χ3n) is 3.56. The Labute approximate surface area is 130 Å². The van der Waals surface area contributed by atoms with E-state index in [1.54, 1.807) is 6.07 Å². The van der Waals surface area contributed by atoms with Gasteiger partial charge in [0.1, 0.15) is 0 Å². The minimum absolute atomic E-state index is 0.332. The first-order valence-corrected chi connectivity index (χ1v) is 8.01. The first-order chi connectivity index (χ1) is 9.49. The Hall–Kier alpha value is -1.03. The number of ether oxygens (including phenoxy) is 1. The smallest absolute Gasteiger partial charge is 0.340 e. The summed E-state index contributed by atoms with van der Waals surface area (Å²) in [6.45, 7) is 6.66. The standard InChI is InChI=1S/C16H24BrNO2/c1-4-6-7-12(5-2)10-20-16(19)14-9-13(17)8-11(3)15(14)18/h8-9,12H,4-7,10,18H2,1-3H3. The SMILES string of the molecule is CCCCC(CC)COC(=O)c1cc(Br)cc(C)c1N. The Morgan fingerprint density at radius 3 is 2.70 bits per heavy atom. The largest absolute Gasteiger partial charge is 0.462 e. The van der Waals surface area contributed by atoms with Crippen LogP contribution in [0.5, 0.6) is 0 Å². The van der Waals surface area contributed by atoms with E-state index in [0.717, 1.165) is 22.9 Å². The van der Waals surface area contributed by atoms with E-state index in [-0.39, 0.29) is 5.97 Å². The lowest BCUT2D eigenvalue weighted by molar-refractivity contribution is 0.0429. The van der Waals surface area contributed by atoms with E-state index in [4.69, 9.17) is 10.5 Å². The van der Waals surface area contributed by atoms with Crippen LogP contribution in [0.2, 0.25) is 0 Å². The second-order valence-corrected chi connectivity index (χ2v) is 6.11. The number of nitrogens with two attached hydrogens (primary N) is 1. The van der Waals surface area contributed by atoms with Gasteiger partial charge in [0.15, 0.2) is 0 Å². The highest BCUT2D eigenvalue weighted by Crippen LogP contribution is 2.24. The van der Waals surface area contributed by atoms with E-state index in [0.29, 0.717) is 23.8 Å². The maximum absolute atomic E-state index is 12.1. The van der Waals surface area contributed by atoms with Crippen LogP contribution in [0, 0.1) is 12.8 Å². The van der Waals surface area contributed by atoms with Crippen molar-refractivity contribution in [2.75, 3.05) is 12.3 Å². The molecule has 0 aromatic heterocycles. The molecule has 0 spiro atoms. The summed E-state index contributed by atoms with van der Waals surface area (Å²) >= 11 is 3.38. The number of carbonyl (C=O) groups is 1. The lowest BCUT2D eigenvalue weighted by Gasteiger charge is -2.15. The summed E-state index contributed by atoms with van der Waals surface area (Å²) in [7, 11) is 0. The van der Waals surface area contributed by atoms with Crippen LogP contribution in [0.4, 0.5) is 5.69 Å². The Kier molecular flexibility index (Phi) is 7.06. The number of carbonyl (C=O) groups excluding carboxylic acids is 1. The first-order valence-electron chi connectivity index (χ1n) is 7.22. The van der Waals surface area contributed by atoms with Crippen molar-refractivity contribution in [1.29, 1.82) is 0 Å². The van der Waals surface area contributed by atoms with Crippen LogP contribution < -0.4 is 5.73 Å². The molecule has 0 saturated heterocycles. The topological polar surface area (TPSA) is 52.3 Å². The number of nitrogen functional groups attached to an aromatic ring is 1. The van der Waals surface area contributed by atoms with Crippen molar-refractivity contribution in [2.45, 2.75) is 46.5 Å². The maximum atomic E-state index is 12.1. The fraction of sp³-hybridized carbons (Fsp3) is 0.562. The highest BCUT2D eigenvalue weighted by Gasteiger charge is 2.16. The monoisotopic (exact) mass is 341 g/mol. The van der Waals surface area contributed by atoms with Crippen molar-refractivity contribution in [3.63, 3.8) is 0 Å². The summed E-state index contributed by atoms with van der Waals surface area (Å²) in [6.07, 6.45) is 4.48. The molecule has 1 aromatic rings. The van der Waals surface area contributed by atoms with Crippen molar-refractivity contribution >= 4 is 27.6 Å². The summed E-state index contributed by atoms with van der Waals surface area (Å²) in [6, 6.07) is 3.61. The second kappa shape index (κ2) is 8.30. The molecule has 1 aromatic carbocycles. The zero-order chi connectivity index (χ0) is 15.1. The van der Waals surface area contributed by atoms with Crippen molar-refractivity contribution < 1.29 is 9.53 Å². The number of esters is 1. The fourth-order valence-electron chi connectivity index (χ4n) is 2.09. The zero-order valence-corrected chi connectivity index (χ0v) is 14.1. The van der Waals surface area contributed by atoms with E-state index in [1.807, 2.05) is 13.0 Å². The molecule has 1 atom stereocenters. The quantitative estimate of drug-likeness (QED) is 0.576. The molecule has 0 fully saturated rings.